The molecule has 0 heterocycles. The monoisotopic (exact) mass is 320 g/mol. The third kappa shape index (κ3) is 4.81. The fraction of sp³-hybridized carbons (Fsp3) is 0.471. The van der Waals surface area contributed by atoms with Crippen LogP contribution in [0.15, 0.2) is 24.3 Å². The van der Waals surface area contributed by atoms with E-state index in [2.05, 4.69) is 5.32 Å². The molecule has 0 bridgehead atoms. The minimum absolute atomic E-state index is 0.179. The molecule has 0 aliphatic heterocycles. The van der Waals surface area contributed by atoms with Gasteiger partial charge in [0.05, 0.1) is 0 Å². The lowest BCUT2D eigenvalue weighted by molar-refractivity contribution is -0.117. The van der Waals surface area contributed by atoms with Gasteiger partial charge < -0.3 is 14.8 Å². The predicted octanol–water partition coefficient (Wildman–Crippen LogP) is 2.93. The average Bonchev–Trinajstić information content (AvgIpc) is 2.44. The number of carbonyl (C=O) groups excluding carboxylic acids is 3. The third-order valence-electron chi connectivity index (χ3n) is 3.38. The van der Waals surface area contributed by atoms with Gasteiger partial charge in [-0.1, -0.05) is 12.1 Å². The SMILES string of the molecule is CC(=O)Nc1ccc(C(C)(C=O)N(C)C(=O)OC(C)(C)C)cc1. The maximum absolute atomic E-state index is 12.2. The molecule has 0 radical (unpaired) electrons. The highest BCUT2D eigenvalue weighted by atomic mass is 16.6. The van der Waals surface area contributed by atoms with E-state index in [0.29, 0.717) is 17.5 Å². The van der Waals surface area contributed by atoms with Crippen LogP contribution >= 0.6 is 0 Å². The number of nitrogens with one attached hydrogen (secondary N) is 1. The molecular weight excluding hydrogens is 296 g/mol. The van der Waals surface area contributed by atoms with Crippen LogP contribution in [0, 0.1) is 0 Å². The Morgan fingerprint density at radius 2 is 1.65 bits per heavy atom. The van der Waals surface area contributed by atoms with Crippen molar-refractivity contribution in [3.8, 4) is 0 Å². The summed E-state index contributed by atoms with van der Waals surface area (Å²) in [6.45, 7) is 8.34. The number of hydrogen-bond acceptors (Lipinski definition) is 4. The van der Waals surface area contributed by atoms with Gasteiger partial charge in [0, 0.05) is 19.7 Å². The molecule has 0 aliphatic rings. The molecule has 23 heavy (non-hydrogen) atoms. The second-order valence-corrected chi connectivity index (χ2v) is 6.56. The summed E-state index contributed by atoms with van der Waals surface area (Å²) in [6, 6.07) is 6.75. The number of hydrogen-bond donors (Lipinski definition) is 1. The normalized spacial score (nSPS) is 13.7. The molecule has 0 aromatic heterocycles. The molecule has 0 spiro atoms. The first-order chi connectivity index (χ1) is 10.5. The quantitative estimate of drug-likeness (QED) is 0.866. The first kappa shape index (κ1) is 18.7. The van der Waals surface area contributed by atoms with Crippen LogP contribution in [-0.2, 0) is 19.9 Å². The lowest BCUT2D eigenvalue weighted by Crippen LogP contribution is -2.48. The van der Waals surface area contributed by atoms with Gasteiger partial charge in [-0.25, -0.2) is 4.79 Å². The van der Waals surface area contributed by atoms with E-state index in [-0.39, 0.29) is 5.91 Å². The van der Waals surface area contributed by atoms with Crippen LogP contribution in [0.1, 0.15) is 40.2 Å². The van der Waals surface area contributed by atoms with Gasteiger partial charge in [-0.15, -0.1) is 0 Å². The van der Waals surface area contributed by atoms with Crippen LogP contribution in [0.3, 0.4) is 0 Å². The first-order valence-corrected chi connectivity index (χ1v) is 7.31. The van der Waals surface area contributed by atoms with Crippen molar-refractivity contribution in [1.29, 1.82) is 0 Å². The Labute approximate surface area is 136 Å². The summed E-state index contributed by atoms with van der Waals surface area (Å²) < 4.78 is 5.32. The zero-order chi connectivity index (χ0) is 17.8. The molecule has 0 fully saturated rings. The lowest BCUT2D eigenvalue weighted by Gasteiger charge is -2.35. The van der Waals surface area contributed by atoms with E-state index in [4.69, 9.17) is 4.74 Å². The summed E-state index contributed by atoms with van der Waals surface area (Å²) in [5.74, 6) is -0.179. The fourth-order valence-electron chi connectivity index (χ4n) is 1.96. The van der Waals surface area contributed by atoms with E-state index in [0.717, 1.165) is 0 Å². The minimum atomic E-state index is -1.17. The van der Waals surface area contributed by atoms with Crippen LogP contribution in [0.4, 0.5) is 10.5 Å². The van der Waals surface area contributed by atoms with Gasteiger partial charge in [-0.2, -0.15) is 0 Å². The van der Waals surface area contributed by atoms with E-state index in [9.17, 15) is 14.4 Å². The minimum Gasteiger partial charge on any atom is -0.444 e. The van der Waals surface area contributed by atoms with Crippen molar-refractivity contribution in [2.45, 2.75) is 45.8 Å². The molecule has 1 rings (SSSR count). The van der Waals surface area contributed by atoms with Crippen LogP contribution in [0.2, 0.25) is 0 Å². The van der Waals surface area contributed by atoms with Gasteiger partial charge in [-0.05, 0) is 45.4 Å². The van der Waals surface area contributed by atoms with Crippen LogP contribution in [0.25, 0.3) is 0 Å². The molecule has 1 N–H and O–H groups in total. The van der Waals surface area contributed by atoms with E-state index < -0.39 is 17.2 Å². The molecule has 1 aromatic rings. The van der Waals surface area contributed by atoms with Gasteiger partial charge in [0.2, 0.25) is 5.91 Å². The lowest BCUT2D eigenvalue weighted by atomic mass is 9.92. The van der Waals surface area contributed by atoms with Gasteiger partial charge in [0.25, 0.3) is 0 Å². The number of anilines is 1. The van der Waals surface area contributed by atoms with Crippen molar-refractivity contribution < 1.29 is 19.1 Å². The van der Waals surface area contributed by atoms with Gasteiger partial charge in [0.15, 0.2) is 0 Å². The molecule has 6 nitrogen and oxygen atoms in total. The van der Waals surface area contributed by atoms with Crippen LogP contribution in [0.5, 0.6) is 0 Å². The Hall–Kier alpha value is -2.37. The predicted molar refractivity (Wildman–Crippen MR) is 88.2 cm³/mol. The Kier molecular flexibility index (Phi) is 5.53. The Balaban J connectivity index is 3.06. The van der Waals surface area contributed by atoms with E-state index >= 15 is 0 Å². The highest BCUT2D eigenvalue weighted by Gasteiger charge is 2.36. The largest absolute Gasteiger partial charge is 0.444 e. The summed E-state index contributed by atoms with van der Waals surface area (Å²) in [5.41, 5.74) is -0.578. The second-order valence-electron chi connectivity index (χ2n) is 6.56. The summed E-state index contributed by atoms with van der Waals surface area (Å²) in [6.07, 6.45) is 0.114. The maximum atomic E-state index is 12.2. The van der Waals surface area contributed by atoms with Crippen molar-refractivity contribution in [3.63, 3.8) is 0 Å². The van der Waals surface area contributed by atoms with Crippen molar-refractivity contribution in [2.24, 2.45) is 0 Å². The fourth-order valence-corrected chi connectivity index (χ4v) is 1.96. The van der Waals surface area contributed by atoms with E-state index in [1.54, 1.807) is 52.0 Å². The Bertz CT molecular complexity index is 590. The molecular formula is C17H24N2O4. The first-order valence-electron chi connectivity index (χ1n) is 7.31. The molecule has 0 saturated carbocycles. The Morgan fingerprint density at radius 1 is 1.13 bits per heavy atom. The van der Waals surface area contributed by atoms with Gasteiger partial charge in [0.1, 0.15) is 17.4 Å². The summed E-state index contributed by atoms with van der Waals surface area (Å²) in [4.78, 5) is 36.2. The van der Waals surface area contributed by atoms with Crippen molar-refractivity contribution >= 4 is 24.0 Å². The average molecular weight is 320 g/mol. The number of carbonyl (C=O) groups is 3. The standard InChI is InChI=1S/C17H24N2O4/c1-12(21)18-14-9-7-13(8-10-14)17(5,11-20)19(6)15(22)23-16(2,3)4/h7-11H,1-6H3,(H,18,21). The maximum Gasteiger partial charge on any atom is 0.411 e. The molecule has 1 atom stereocenters. The summed E-state index contributed by atoms with van der Waals surface area (Å²) >= 11 is 0. The number of ether oxygens (including phenoxy) is 1. The Morgan fingerprint density at radius 3 is 2.04 bits per heavy atom. The van der Waals surface area contributed by atoms with E-state index in [1.807, 2.05) is 0 Å². The molecule has 6 heteroatoms. The molecule has 2 amide bonds. The smallest absolute Gasteiger partial charge is 0.411 e. The molecule has 0 aliphatic carbocycles. The number of likely N-dealkylation sites (N-methyl/N-ethyl adjacent to an activating group) is 1. The number of aldehydes is 1. The molecule has 0 saturated heterocycles. The molecule has 126 valence electrons. The van der Waals surface area contributed by atoms with Crippen molar-refractivity contribution in [2.75, 3.05) is 12.4 Å². The highest BCUT2D eigenvalue weighted by Crippen LogP contribution is 2.27. The molecule has 1 aromatic carbocycles. The van der Waals surface area contributed by atoms with Gasteiger partial charge in [-0.3, -0.25) is 9.69 Å². The zero-order valence-electron chi connectivity index (χ0n) is 14.5. The van der Waals surface area contributed by atoms with E-state index in [1.165, 1.54) is 18.9 Å². The van der Waals surface area contributed by atoms with Crippen LogP contribution in [-0.4, -0.2) is 35.8 Å². The number of rotatable bonds is 4. The number of amides is 2. The summed E-state index contributed by atoms with van der Waals surface area (Å²) in [5, 5.41) is 2.65. The van der Waals surface area contributed by atoms with Crippen LogP contribution < -0.4 is 5.32 Å². The second kappa shape index (κ2) is 6.81. The number of benzene rings is 1. The van der Waals surface area contributed by atoms with Gasteiger partial charge >= 0.3 is 6.09 Å². The molecule has 1 unspecified atom stereocenters. The topological polar surface area (TPSA) is 75.7 Å². The summed E-state index contributed by atoms with van der Waals surface area (Å²) in [7, 11) is 1.52. The van der Waals surface area contributed by atoms with Crippen molar-refractivity contribution in [3.05, 3.63) is 29.8 Å². The van der Waals surface area contributed by atoms with Crippen molar-refractivity contribution in [1.82, 2.24) is 4.90 Å². The zero-order valence-corrected chi connectivity index (χ0v) is 14.5. The highest BCUT2D eigenvalue weighted by molar-refractivity contribution is 5.88. The third-order valence-corrected chi connectivity index (χ3v) is 3.38. The number of nitrogens with zero attached hydrogens (tertiary/aromatic N) is 1.